The molecule has 2 N–H and O–H groups in total. The lowest BCUT2D eigenvalue weighted by Crippen LogP contribution is -2.49. The van der Waals surface area contributed by atoms with E-state index in [1.807, 2.05) is 0 Å². The predicted molar refractivity (Wildman–Crippen MR) is 105 cm³/mol. The average Bonchev–Trinajstić information content (AvgIpc) is 3.23. The number of nitro groups is 2. The van der Waals surface area contributed by atoms with E-state index in [-0.39, 0.29) is 18.0 Å². The molecular formula is C20H20N2O10. The van der Waals surface area contributed by atoms with Crippen LogP contribution in [0, 0.1) is 20.2 Å². The van der Waals surface area contributed by atoms with Crippen LogP contribution in [-0.2, 0) is 18.9 Å². The number of aliphatic hydroxyl groups excluding tert-OH is 2. The molecule has 0 saturated carbocycles. The van der Waals surface area contributed by atoms with Crippen LogP contribution >= 0.6 is 0 Å². The van der Waals surface area contributed by atoms with E-state index in [0.717, 1.165) is 0 Å². The van der Waals surface area contributed by atoms with Gasteiger partial charge in [-0.3, -0.25) is 20.2 Å². The third-order valence-electron chi connectivity index (χ3n) is 5.23. The molecule has 2 aromatic carbocycles. The third-order valence-corrected chi connectivity index (χ3v) is 5.23. The Morgan fingerprint density at radius 1 is 0.875 bits per heavy atom. The molecule has 0 amide bonds. The number of hydrogen-bond acceptors (Lipinski definition) is 10. The van der Waals surface area contributed by atoms with Crippen molar-refractivity contribution in [3.8, 4) is 0 Å². The summed E-state index contributed by atoms with van der Waals surface area (Å²) in [5.74, 6) is 0. The number of nitrogens with zero attached hydrogens (tertiary/aromatic N) is 2. The molecule has 2 aliphatic rings. The van der Waals surface area contributed by atoms with Crippen molar-refractivity contribution in [3.05, 3.63) is 79.9 Å². The molecule has 0 aliphatic carbocycles. The molecule has 12 heteroatoms. The summed E-state index contributed by atoms with van der Waals surface area (Å²) in [7, 11) is 0. The number of benzene rings is 2. The van der Waals surface area contributed by atoms with Crippen molar-refractivity contribution < 1.29 is 39.0 Å². The Bertz CT molecular complexity index is 1000. The average molecular weight is 448 g/mol. The van der Waals surface area contributed by atoms with Gasteiger partial charge in [0.25, 0.3) is 11.4 Å². The molecule has 2 aromatic rings. The number of hydrogen-bond donors (Lipinski definition) is 2. The van der Waals surface area contributed by atoms with Crippen molar-refractivity contribution in [1.82, 2.24) is 0 Å². The van der Waals surface area contributed by atoms with Crippen molar-refractivity contribution >= 4 is 11.4 Å². The summed E-state index contributed by atoms with van der Waals surface area (Å²) in [5.41, 5.74) is 0.383. The van der Waals surface area contributed by atoms with Crippen LogP contribution in [0.3, 0.4) is 0 Å². The molecule has 2 unspecified atom stereocenters. The first-order valence-electron chi connectivity index (χ1n) is 9.73. The second-order valence-corrected chi connectivity index (χ2v) is 7.33. The van der Waals surface area contributed by atoms with Crippen molar-refractivity contribution in [1.29, 1.82) is 0 Å². The number of fused-ring (bicyclic) bond motifs is 1. The first-order chi connectivity index (χ1) is 15.4. The van der Waals surface area contributed by atoms with Crippen LogP contribution in [0.4, 0.5) is 11.4 Å². The minimum Gasteiger partial charge on any atom is -0.394 e. The lowest BCUT2D eigenvalue weighted by atomic mass is 10.0. The maximum Gasteiger partial charge on any atom is 0.269 e. The summed E-state index contributed by atoms with van der Waals surface area (Å²) in [6.07, 6.45) is -6.20. The van der Waals surface area contributed by atoms with Crippen LogP contribution in [0.5, 0.6) is 0 Å². The standard InChI is InChI=1S/C20H20N2O10/c23-9-16-18-17(31-20(32-18)12-4-2-6-14(8-12)22(27)28)15(24)10-29-19(30-16)11-3-1-5-13(7-11)21(25)26/h1-8,15-20,23-24H,9-10H2/t15-,16+,17+,18+,19?,20?/m0/s1. The Hall–Kier alpha value is -3.00. The highest BCUT2D eigenvalue weighted by atomic mass is 16.8. The maximum absolute atomic E-state index is 11.1. The van der Waals surface area contributed by atoms with Gasteiger partial charge >= 0.3 is 0 Å². The number of nitro benzene ring substituents is 2. The molecular weight excluding hydrogens is 428 g/mol. The van der Waals surface area contributed by atoms with E-state index >= 15 is 0 Å². The van der Waals surface area contributed by atoms with Gasteiger partial charge in [-0.25, -0.2) is 0 Å². The van der Waals surface area contributed by atoms with E-state index in [9.17, 15) is 30.4 Å². The molecule has 2 aliphatic heterocycles. The molecule has 170 valence electrons. The van der Waals surface area contributed by atoms with Crippen molar-refractivity contribution in [2.24, 2.45) is 0 Å². The molecule has 32 heavy (non-hydrogen) atoms. The summed E-state index contributed by atoms with van der Waals surface area (Å²) in [6.45, 7) is -0.759. The van der Waals surface area contributed by atoms with Crippen molar-refractivity contribution in [2.75, 3.05) is 13.2 Å². The fourth-order valence-corrected chi connectivity index (χ4v) is 3.69. The molecule has 2 saturated heterocycles. The van der Waals surface area contributed by atoms with E-state index in [2.05, 4.69) is 0 Å². The second-order valence-electron chi connectivity index (χ2n) is 7.33. The largest absolute Gasteiger partial charge is 0.394 e. The predicted octanol–water partition coefficient (Wildman–Crippen LogP) is 1.75. The molecule has 12 nitrogen and oxygen atoms in total. The van der Waals surface area contributed by atoms with Crippen molar-refractivity contribution in [3.63, 3.8) is 0 Å². The summed E-state index contributed by atoms with van der Waals surface area (Å²) < 4.78 is 23.2. The Morgan fingerprint density at radius 2 is 1.44 bits per heavy atom. The SMILES string of the molecule is O=[N+]([O-])c1cccc(C2O[C@H]3[C@H](O2)[C@@H](CO)OC(c2cccc([N+](=O)[O-])c2)OC[C@@H]3O)c1. The van der Waals surface area contributed by atoms with Crippen LogP contribution in [0.2, 0.25) is 0 Å². The molecule has 0 aromatic heterocycles. The zero-order valence-electron chi connectivity index (χ0n) is 16.6. The van der Waals surface area contributed by atoms with E-state index < -0.39 is 53.4 Å². The van der Waals surface area contributed by atoms with Gasteiger partial charge in [0, 0.05) is 35.4 Å². The summed E-state index contributed by atoms with van der Waals surface area (Å²) in [5, 5.41) is 42.7. The van der Waals surface area contributed by atoms with Crippen LogP contribution < -0.4 is 0 Å². The van der Waals surface area contributed by atoms with Crippen molar-refractivity contribution in [2.45, 2.75) is 37.0 Å². The molecule has 2 heterocycles. The summed E-state index contributed by atoms with van der Waals surface area (Å²) in [4.78, 5) is 21.0. The molecule has 0 spiro atoms. The van der Waals surface area contributed by atoms with Gasteiger partial charge in [0.15, 0.2) is 12.6 Å². The highest BCUT2D eigenvalue weighted by Gasteiger charge is 2.48. The number of non-ortho nitro benzene ring substituents is 2. The maximum atomic E-state index is 11.1. The highest BCUT2D eigenvalue weighted by Crippen LogP contribution is 2.39. The lowest BCUT2D eigenvalue weighted by Gasteiger charge is -2.34. The minimum absolute atomic E-state index is 0.149. The summed E-state index contributed by atoms with van der Waals surface area (Å²) >= 11 is 0. The highest BCUT2D eigenvalue weighted by molar-refractivity contribution is 5.36. The molecule has 0 bridgehead atoms. The minimum atomic E-state index is -1.18. The Morgan fingerprint density at radius 3 is 2.00 bits per heavy atom. The van der Waals surface area contributed by atoms with Crippen LogP contribution in [0.25, 0.3) is 0 Å². The fraction of sp³-hybridized carbons (Fsp3) is 0.400. The van der Waals surface area contributed by atoms with E-state index in [1.54, 1.807) is 12.1 Å². The Balaban J connectivity index is 1.58. The van der Waals surface area contributed by atoms with E-state index in [4.69, 9.17) is 18.9 Å². The summed E-state index contributed by atoms with van der Waals surface area (Å²) in [6, 6.07) is 11.3. The van der Waals surface area contributed by atoms with Crippen LogP contribution in [0.1, 0.15) is 23.7 Å². The zero-order valence-corrected chi connectivity index (χ0v) is 16.6. The quantitative estimate of drug-likeness (QED) is 0.509. The topological polar surface area (TPSA) is 164 Å². The lowest BCUT2D eigenvalue weighted by molar-refractivity contribution is -0.385. The third kappa shape index (κ3) is 4.46. The first kappa shape index (κ1) is 22.2. The van der Waals surface area contributed by atoms with Gasteiger partial charge < -0.3 is 29.2 Å². The van der Waals surface area contributed by atoms with E-state index in [1.165, 1.54) is 36.4 Å². The number of ether oxygens (including phenoxy) is 4. The van der Waals surface area contributed by atoms with Crippen LogP contribution in [-0.4, -0.2) is 57.7 Å². The number of aliphatic hydroxyl groups is 2. The first-order valence-corrected chi connectivity index (χ1v) is 9.73. The molecule has 4 rings (SSSR count). The van der Waals surface area contributed by atoms with E-state index in [0.29, 0.717) is 11.1 Å². The monoisotopic (exact) mass is 448 g/mol. The molecule has 6 atom stereocenters. The van der Waals surface area contributed by atoms with Gasteiger partial charge in [-0.15, -0.1) is 0 Å². The Labute approximate surface area is 181 Å². The fourth-order valence-electron chi connectivity index (χ4n) is 3.69. The van der Waals surface area contributed by atoms with Gasteiger partial charge in [0.05, 0.1) is 23.1 Å². The van der Waals surface area contributed by atoms with Gasteiger partial charge in [0.2, 0.25) is 0 Å². The smallest absolute Gasteiger partial charge is 0.269 e. The zero-order chi connectivity index (χ0) is 22.8. The number of rotatable bonds is 5. The van der Waals surface area contributed by atoms with Gasteiger partial charge in [-0.2, -0.15) is 0 Å². The molecule has 2 fully saturated rings. The normalized spacial score (nSPS) is 30.2. The van der Waals surface area contributed by atoms with Gasteiger partial charge in [0.1, 0.15) is 24.4 Å². The van der Waals surface area contributed by atoms with Gasteiger partial charge in [-0.05, 0) is 0 Å². The Kier molecular flexibility index (Phi) is 6.41. The molecule has 0 radical (unpaired) electrons. The second kappa shape index (κ2) is 9.24. The van der Waals surface area contributed by atoms with Gasteiger partial charge in [-0.1, -0.05) is 24.3 Å². The van der Waals surface area contributed by atoms with Crippen LogP contribution in [0.15, 0.2) is 48.5 Å².